The van der Waals surface area contributed by atoms with Crippen molar-refractivity contribution in [2.24, 2.45) is 10.7 Å². The number of carbonyl (C=O) groups excluding carboxylic acids is 3. The molecule has 0 bridgehead atoms. The average Bonchev–Trinajstić information content (AvgIpc) is 2.93. The van der Waals surface area contributed by atoms with Gasteiger partial charge in [-0.05, 0) is 43.7 Å². The maximum atomic E-state index is 13.9. The van der Waals surface area contributed by atoms with E-state index in [9.17, 15) is 27.6 Å². The first-order chi connectivity index (χ1) is 19.6. The first kappa shape index (κ1) is 31.3. The van der Waals surface area contributed by atoms with Crippen molar-refractivity contribution >= 4 is 46.6 Å². The summed E-state index contributed by atoms with van der Waals surface area (Å²) in [7, 11) is 3.10. The van der Waals surface area contributed by atoms with Crippen LogP contribution in [-0.4, -0.2) is 82.4 Å². The highest BCUT2D eigenvalue weighted by Gasteiger charge is 2.41. The summed E-state index contributed by atoms with van der Waals surface area (Å²) in [5, 5.41) is 0.502. The molecular weight excluding hydrogens is 596 g/mol. The molecule has 0 saturated heterocycles. The predicted molar refractivity (Wildman–Crippen MR) is 152 cm³/mol. The number of aliphatic imine (C=N–C) groups is 1. The number of carbonyl (C=O) groups is 3. The molecule has 9 nitrogen and oxygen atoms in total. The molecule has 2 N–H and O–H groups in total. The van der Waals surface area contributed by atoms with Crippen molar-refractivity contribution in [3.05, 3.63) is 74.7 Å². The molecule has 4 rings (SSSR count). The van der Waals surface area contributed by atoms with Crippen LogP contribution in [0.1, 0.15) is 47.9 Å². The highest BCUT2D eigenvalue weighted by Crippen LogP contribution is 2.32. The Kier molecular flexibility index (Phi) is 8.89. The first-order valence-electron chi connectivity index (χ1n) is 13.0. The monoisotopic (exact) mass is 624 g/mol. The summed E-state index contributed by atoms with van der Waals surface area (Å²) in [5.74, 6) is -1.31. The lowest BCUT2D eigenvalue weighted by atomic mass is 9.93. The molecule has 0 unspecified atom stereocenters. The Balaban J connectivity index is 1.70. The zero-order chi connectivity index (χ0) is 31.1. The van der Waals surface area contributed by atoms with E-state index in [4.69, 9.17) is 28.9 Å². The molecule has 1 aromatic carbocycles. The molecular formula is C28H29Cl2F3N6O3. The number of aromatic nitrogens is 1. The Morgan fingerprint density at radius 1 is 1.14 bits per heavy atom. The van der Waals surface area contributed by atoms with Crippen LogP contribution >= 0.6 is 23.2 Å². The van der Waals surface area contributed by atoms with E-state index in [0.29, 0.717) is 27.4 Å². The summed E-state index contributed by atoms with van der Waals surface area (Å²) >= 11 is 12.1. The number of halogens is 5. The van der Waals surface area contributed by atoms with Gasteiger partial charge in [0.2, 0.25) is 5.91 Å². The second-order valence-electron chi connectivity index (χ2n) is 10.5. The zero-order valence-corrected chi connectivity index (χ0v) is 24.8. The Bertz CT molecular complexity index is 1480. The van der Waals surface area contributed by atoms with E-state index >= 15 is 0 Å². The molecule has 0 radical (unpaired) electrons. The first-order valence-corrected chi connectivity index (χ1v) is 13.7. The molecule has 0 fully saturated rings. The fourth-order valence-electron chi connectivity index (χ4n) is 4.90. The highest BCUT2D eigenvalue weighted by atomic mass is 35.5. The third kappa shape index (κ3) is 6.24. The van der Waals surface area contributed by atoms with Crippen molar-refractivity contribution in [2.75, 3.05) is 27.2 Å². The predicted octanol–water partition coefficient (Wildman–Crippen LogP) is 4.36. The van der Waals surface area contributed by atoms with Crippen molar-refractivity contribution in [1.82, 2.24) is 19.7 Å². The summed E-state index contributed by atoms with van der Waals surface area (Å²) in [6.07, 6.45) is -3.32. The molecule has 42 heavy (non-hydrogen) atoms. The van der Waals surface area contributed by atoms with Crippen molar-refractivity contribution in [3.8, 4) is 0 Å². The standard InChI is InChI=1S/C28H29Cl2F3N6O3/c1-14-9-21(34)18(12-38(14)25(40)16-5-7-19(29)20(30)10-16)24-27(42)39(13-22(36-24)26(41)37(3)4)15(2)17-6-8-23(35-11-17)28(31,32)33/h5-8,10-11,14-15,22H,9,12-13,34H2,1-4H3/t14-,15-,22+/m1/s1. The van der Waals surface area contributed by atoms with E-state index < -0.39 is 29.9 Å². The molecule has 0 saturated carbocycles. The Hall–Kier alpha value is -3.64. The lowest BCUT2D eigenvalue weighted by molar-refractivity contribution is -0.141. The summed E-state index contributed by atoms with van der Waals surface area (Å²) in [4.78, 5) is 52.7. The normalized spacial score (nSPS) is 20.4. The Morgan fingerprint density at radius 3 is 2.40 bits per heavy atom. The molecule has 224 valence electrons. The lowest BCUT2D eigenvalue weighted by Crippen LogP contribution is -2.54. The van der Waals surface area contributed by atoms with Gasteiger partial charge in [-0.1, -0.05) is 29.3 Å². The number of nitrogens with two attached hydrogens (primary N) is 1. The molecule has 3 atom stereocenters. The molecule has 2 aliphatic rings. The van der Waals surface area contributed by atoms with E-state index in [-0.39, 0.29) is 48.1 Å². The maximum Gasteiger partial charge on any atom is 0.433 e. The number of pyridine rings is 1. The van der Waals surface area contributed by atoms with Crippen molar-refractivity contribution in [1.29, 1.82) is 0 Å². The van der Waals surface area contributed by atoms with E-state index in [0.717, 1.165) is 12.3 Å². The second-order valence-corrected chi connectivity index (χ2v) is 11.3. The van der Waals surface area contributed by atoms with Gasteiger partial charge in [0.25, 0.3) is 11.8 Å². The molecule has 2 aliphatic heterocycles. The Morgan fingerprint density at radius 2 is 1.83 bits per heavy atom. The molecule has 14 heteroatoms. The summed E-state index contributed by atoms with van der Waals surface area (Å²) in [6.45, 7) is 3.26. The summed E-state index contributed by atoms with van der Waals surface area (Å²) < 4.78 is 39.2. The number of alkyl halides is 3. The lowest BCUT2D eigenvalue weighted by Gasteiger charge is -2.39. The quantitative estimate of drug-likeness (QED) is 0.531. The maximum absolute atomic E-state index is 13.9. The topological polar surface area (TPSA) is 112 Å². The fraction of sp³-hybridized carbons (Fsp3) is 0.393. The Labute approximate surface area is 250 Å². The summed E-state index contributed by atoms with van der Waals surface area (Å²) in [5.41, 5.74) is 6.54. The van der Waals surface area contributed by atoms with Gasteiger partial charge in [0, 0.05) is 49.6 Å². The fourth-order valence-corrected chi connectivity index (χ4v) is 5.20. The molecule has 3 amide bonds. The minimum atomic E-state index is -4.62. The largest absolute Gasteiger partial charge is 0.433 e. The molecule has 0 spiro atoms. The van der Waals surface area contributed by atoms with Gasteiger partial charge in [-0.15, -0.1) is 0 Å². The average molecular weight is 625 g/mol. The number of hydrogen-bond acceptors (Lipinski definition) is 6. The SMILES string of the molecule is C[C@@H]1CC(N)=C(C2=N[C@H](C(=O)N(C)C)CN([C@H](C)c3ccc(C(F)(F)F)nc3)C2=O)CN1C(=O)c1ccc(Cl)c(Cl)c1. The van der Waals surface area contributed by atoms with E-state index in [1.807, 2.05) is 6.92 Å². The van der Waals surface area contributed by atoms with Gasteiger partial charge in [0.1, 0.15) is 17.4 Å². The van der Waals surface area contributed by atoms with Gasteiger partial charge in [-0.2, -0.15) is 13.2 Å². The highest BCUT2D eigenvalue weighted by molar-refractivity contribution is 6.46. The van der Waals surface area contributed by atoms with Gasteiger partial charge in [0.15, 0.2) is 0 Å². The number of likely N-dealkylation sites (N-methyl/N-ethyl adjacent to an activating group) is 1. The van der Waals surface area contributed by atoms with E-state index in [2.05, 4.69) is 9.98 Å². The van der Waals surface area contributed by atoms with Crippen LogP contribution in [0.5, 0.6) is 0 Å². The van der Waals surface area contributed by atoms with Gasteiger partial charge in [-0.25, -0.2) is 0 Å². The van der Waals surface area contributed by atoms with Crippen LogP contribution in [0.3, 0.4) is 0 Å². The minimum absolute atomic E-state index is 0.0659. The van der Waals surface area contributed by atoms with Crippen LogP contribution in [0, 0.1) is 0 Å². The third-order valence-electron chi connectivity index (χ3n) is 7.35. The van der Waals surface area contributed by atoms with Gasteiger partial charge < -0.3 is 20.4 Å². The smallest absolute Gasteiger partial charge is 0.402 e. The van der Waals surface area contributed by atoms with Gasteiger partial charge >= 0.3 is 6.18 Å². The molecule has 0 aliphatic carbocycles. The van der Waals surface area contributed by atoms with Crippen LogP contribution in [0.4, 0.5) is 13.2 Å². The molecule has 1 aromatic heterocycles. The van der Waals surface area contributed by atoms with Gasteiger partial charge in [0.05, 0.1) is 29.2 Å². The molecule has 2 aromatic rings. The summed E-state index contributed by atoms with van der Waals surface area (Å²) in [6, 6.07) is 4.51. The number of benzene rings is 1. The molecule has 3 heterocycles. The van der Waals surface area contributed by atoms with Crippen LogP contribution in [0.25, 0.3) is 0 Å². The van der Waals surface area contributed by atoms with Crippen LogP contribution < -0.4 is 5.73 Å². The van der Waals surface area contributed by atoms with Crippen molar-refractivity contribution in [2.45, 2.75) is 44.6 Å². The minimum Gasteiger partial charge on any atom is -0.402 e. The van der Waals surface area contributed by atoms with Crippen molar-refractivity contribution in [3.63, 3.8) is 0 Å². The van der Waals surface area contributed by atoms with E-state index in [1.54, 1.807) is 27.1 Å². The second kappa shape index (κ2) is 11.9. The zero-order valence-electron chi connectivity index (χ0n) is 23.2. The van der Waals surface area contributed by atoms with Crippen LogP contribution in [-0.2, 0) is 15.8 Å². The number of amides is 3. The number of hydrogen-bond donors (Lipinski definition) is 1. The van der Waals surface area contributed by atoms with Gasteiger partial charge in [-0.3, -0.25) is 24.4 Å². The third-order valence-corrected chi connectivity index (χ3v) is 8.09. The number of nitrogens with zero attached hydrogens (tertiary/aromatic N) is 5. The van der Waals surface area contributed by atoms with Crippen molar-refractivity contribution < 1.29 is 27.6 Å². The van der Waals surface area contributed by atoms with Crippen LogP contribution in [0.2, 0.25) is 10.0 Å². The van der Waals surface area contributed by atoms with Crippen LogP contribution in [0.15, 0.2) is 52.8 Å². The number of rotatable bonds is 5. The van der Waals surface area contributed by atoms with E-state index in [1.165, 1.54) is 32.9 Å².